The Bertz CT molecular complexity index is 877. The van der Waals surface area contributed by atoms with E-state index in [4.69, 9.17) is 11.6 Å². The Morgan fingerprint density at radius 2 is 1.42 bits per heavy atom. The van der Waals surface area contributed by atoms with Crippen LogP contribution >= 0.6 is 11.6 Å². The van der Waals surface area contributed by atoms with Crippen LogP contribution in [0.4, 0.5) is 4.39 Å². The van der Waals surface area contributed by atoms with E-state index in [1.54, 1.807) is 24.3 Å². The first-order valence-corrected chi connectivity index (χ1v) is 7.57. The lowest BCUT2D eigenvalue weighted by molar-refractivity contribution is 0.0594. The van der Waals surface area contributed by atoms with Gasteiger partial charge in [0, 0.05) is 0 Å². The Labute approximate surface area is 143 Å². The Morgan fingerprint density at radius 3 is 1.96 bits per heavy atom. The van der Waals surface area contributed by atoms with E-state index >= 15 is 0 Å². The van der Waals surface area contributed by atoms with Crippen molar-refractivity contribution < 1.29 is 13.9 Å². The number of nitrogens with zero attached hydrogens (tertiary/aromatic N) is 1. The van der Waals surface area contributed by atoms with Crippen LogP contribution in [0.5, 0.6) is 0 Å². The molecule has 0 amide bonds. The van der Waals surface area contributed by atoms with Gasteiger partial charge in [0.2, 0.25) is 0 Å². The second-order valence-corrected chi connectivity index (χ2v) is 5.53. The van der Waals surface area contributed by atoms with Gasteiger partial charge in [-0.3, -0.25) is 0 Å². The summed E-state index contributed by atoms with van der Waals surface area (Å²) in [6.45, 7) is 0. The Kier molecular flexibility index (Phi) is 4.58. The van der Waals surface area contributed by atoms with Crippen LogP contribution < -0.4 is 0 Å². The smallest absolute Gasteiger partial charge is 0.356 e. The molecule has 0 N–H and O–H groups in total. The first-order chi connectivity index (χ1) is 11.6. The Balaban J connectivity index is 1.95. The van der Waals surface area contributed by atoms with Gasteiger partial charge in [-0.1, -0.05) is 48.0 Å². The molecule has 2 aromatic carbocycles. The van der Waals surface area contributed by atoms with Crippen molar-refractivity contribution in [2.24, 2.45) is 0 Å². The number of methoxy groups -OCH3 is 1. The number of aromatic nitrogens is 1. The molecule has 3 rings (SSSR count). The lowest BCUT2D eigenvalue weighted by Gasteiger charge is -2.07. The van der Waals surface area contributed by atoms with Crippen LogP contribution in [0.2, 0.25) is 5.15 Å². The number of carbonyl (C=O) groups excluding carboxylic acids is 1. The zero-order valence-electron chi connectivity index (χ0n) is 12.8. The number of rotatable bonds is 3. The summed E-state index contributed by atoms with van der Waals surface area (Å²) >= 11 is 5.99. The standard InChI is InChI=1S/C19H13ClFNO2/c1-24-19(23)17-10-15(11-18(20)22-17)14-4-2-12(3-5-14)13-6-8-16(21)9-7-13/h2-11H,1H3. The van der Waals surface area contributed by atoms with Gasteiger partial charge in [0.25, 0.3) is 0 Å². The minimum Gasteiger partial charge on any atom is -0.464 e. The molecule has 0 bridgehead atoms. The van der Waals surface area contributed by atoms with Crippen LogP contribution in [0.3, 0.4) is 0 Å². The third-order valence-electron chi connectivity index (χ3n) is 3.58. The molecule has 0 radical (unpaired) electrons. The van der Waals surface area contributed by atoms with E-state index in [2.05, 4.69) is 9.72 Å². The van der Waals surface area contributed by atoms with Gasteiger partial charge >= 0.3 is 5.97 Å². The van der Waals surface area contributed by atoms with Gasteiger partial charge in [-0.05, 0) is 46.5 Å². The molecule has 24 heavy (non-hydrogen) atoms. The van der Waals surface area contributed by atoms with Gasteiger partial charge in [-0.25, -0.2) is 14.2 Å². The molecule has 0 saturated heterocycles. The number of pyridine rings is 1. The summed E-state index contributed by atoms with van der Waals surface area (Å²) < 4.78 is 17.7. The van der Waals surface area contributed by atoms with Crippen LogP contribution in [0.25, 0.3) is 22.3 Å². The minimum atomic E-state index is -0.540. The zero-order chi connectivity index (χ0) is 17.1. The maximum absolute atomic E-state index is 13.0. The Morgan fingerprint density at radius 1 is 0.917 bits per heavy atom. The monoisotopic (exact) mass is 341 g/mol. The maximum atomic E-state index is 13.0. The molecule has 3 nitrogen and oxygen atoms in total. The van der Waals surface area contributed by atoms with Gasteiger partial charge in [-0.2, -0.15) is 0 Å². The topological polar surface area (TPSA) is 39.2 Å². The lowest BCUT2D eigenvalue weighted by Crippen LogP contribution is -2.04. The van der Waals surface area contributed by atoms with E-state index < -0.39 is 5.97 Å². The molecule has 0 aliphatic carbocycles. The maximum Gasteiger partial charge on any atom is 0.356 e. The first kappa shape index (κ1) is 16.1. The average molecular weight is 342 g/mol. The van der Waals surface area contributed by atoms with Crippen molar-refractivity contribution in [2.75, 3.05) is 7.11 Å². The van der Waals surface area contributed by atoms with Gasteiger partial charge in [0.1, 0.15) is 11.0 Å². The summed E-state index contributed by atoms with van der Waals surface area (Å²) in [7, 11) is 1.29. The molecule has 1 heterocycles. The second kappa shape index (κ2) is 6.81. The summed E-state index contributed by atoms with van der Waals surface area (Å²) in [4.78, 5) is 15.6. The summed E-state index contributed by atoms with van der Waals surface area (Å²) in [6, 6.07) is 17.3. The fourth-order valence-electron chi connectivity index (χ4n) is 2.37. The van der Waals surface area contributed by atoms with Crippen molar-refractivity contribution in [3.05, 3.63) is 77.3 Å². The van der Waals surface area contributed by atoms with E-state index in [1.165, 1.54) is 19.2 Å². The highest BCUT2D eigenvalue weighted by molar-refractivity contribution is 6.29. The predicted octanol–water partition coefficient (Wildman–Crippen LogP) is 4.99. The van der Waals surface area contributed by atoms with E-state index in [9.17, 15) is 9.18 Å². The molecule has 0 saturated carbocycles. The fraction of sp³-hybridized carbons (Fsp3) is 0.0526. The highest BCUT2D eigenvalue weighted by atomic mass is 35.5. The summed E-state index contributed by atoms with van der Waals surface area (Å²) in [5, 5.41) is 0.218. The molecule has 0 aliphatic rings. The minimum absolute atomic E-state index is 0.155. The molecule has 0 aliphatic heterocycles. The molecule has 5 heteroatoms. The highest BCUT2D eigenvalue weighted by Crippen LogP contribution is 2.27. The van der Waals surface area contributed by atoms with Crippen LogP contribution in [0.15, 0.2) is 60.7 Å². The second-order valence-electron chi connectivity index (χ2n) is 5.14. The van der Waals surface area contributed by atoms with Crippen LogP contribution in [0, 0.1) is 5.82 Å². The van der Waals surface area contributed by atoms with Gasteiger partial charge in [0.05, 0.1) is 7.11 Å². The summed E-state index contributed by atoms with van der Waals surface area (Å²) in [5.41, 5.74) is 3.69. The van der Waals surface area contributed by atoms with Gasteiger partial charge < -0.3 is 4.74 Å². The van der Waals surface area contributed by atoms with Crippen molar-refractivity contribution in [1.82, 2.24) is 4.98 Å². The van der Waals surface area contributed by atoms with Crippen molar-refractivity contribution in [2.45, 2.75) is 0 Å². The van der Waals surface area contributed by atoms with Crippen LogP contribution in [-0.2, 0) is 4.74 Å². The number of benzene rings is 2. The molecular weight excluding hydrogens is 329 g/mol. The number of halogens is 2. The third-order valence-corrected chi connectivity index (χ3v) is 3.78. The van der Waals surface area contributed by atoms with Gasteiger partial charge in [-0.15, -0.1) is 0 Å². The van der Waals surface area contributed by atoms with Gasteiger partial charge in [0.15, 0.2) is 5.69 Å². The Hall–Kier alpha value is -2.72. The number of ether oxygens (including phenoxy) is 1. The van der Waals surface area contributed by atoms with Crippen molar-refractivity contribution >= 4 is 17.6 Å². The molecule has 3 aromatic rings. The van der Waals surface area contributed by atoms with E-state index in [0.29, 0.717) is 0 Å². The van der Waals surface area contributed by atoms with E-state index in [1.807, 2.05) is 24.3 Å². The summed E-state index contributed by atoms with van der Waals surface area (Å²) in [5.74, 6) is -0.807. The number of esters is 1. The third kappa shape index (κ3) is 3.44. The molecule has 120 valence electrons. The average Bonchev–Trinajstić information content (AvgIpc) is 2.61. The zero-order valence-corrected chi connectivity index (χ0v) is 13.5. The number of carbonyl (C=O) groups is 1. The van der Waals surface area contributed by atoms with Crippen LogP contribution in [-0.4, -0.2) is 18.1 Å². The fourth-order valence-corrected chi connectivity index (χ4v) is 2.58. The summed E-state index contributed by atoms with van der Waals surface area (Å²) in [6.07, 6.45) is 0. The number of hydrogen-bond donors (Lipinski definition) is 0. The predicted molar refractivity (Wildman–Crippen MR) is 91.4 cm³/mol. The molecule has 0 spiro atoms. The van der Waals surface area contributed by atoms with E-state index in [-0.39, 0.29) is 16.7 Å². The molecule has 0 fully saturated rings. The molecule has 0 unspecified atom stereocenters. The van der Waals surface area contributed by atoms with Crippen molar-refractivity contribution in [1.29, 1.82) is 0 Å². The number of hydrogen-bond acceptors (Lipinski definition) is 3. The largest absolute Gasteiger partial charge is 0.464 e. The molecular formula is C19H13ClFNO2. The molecule has 0 atom stereocenters. The highest BCUT2D eigenvalue weighted by Gasteiger charge is 2.11. The normalized spacial score (nSPS) is 10.5. The molecule has 1 aromatic heterocycles. The SMILES string of the molecule is COC(=O)c1cc(-c2ccc(-c3ccc(F)cc3)cc2)cc(Cl)n1. The van der Waals surface area contributed by atoms with E-state index in [0.717, 1.165) is 22.3 Å². The van der Waals surface area contributed by atoms with Crippen LogP contribution in [0.1, 0.15) is 10.5 Å². The van der Waals surface area contributed by atoms with Crippen molar-refractivity contribution in [3.63, 3.8) is 0 Å². The lowest BCUT2D eigenvalue weighted by atomic mass is 10.0. The van der Waals surface area contributed by atoms with Crippen molar-refractivity contribution in [3.8, 4) is 22.3 Å². The quantitative estimate of drug-likeness (QED) is 0.497. The first-order valence-electron chi connectivity index (χ1n) is 7.19.